The van der Waals surface area contributed by atoms with Crippen molar-refractivity contribution >= 4 is 17.6 Å². The van der Waals surface area contributed by atoms with Gasteiger partial charge >= 0.3 is 0 Å². The first-order valence-corrected chi connectivity index (χ1v) is 9.23. The molecule has 0 spiro atoms. The van der Waals surface area contributed by atoms with Gasteiger partial charge in [-0.1, -0.05) is 44.2 Å². The second-order valence-corrected chi connectivity index (χ2v) is 7.49. The molecule has 2 aliphatic heterocycles. The SMILES string of the molecule is CC(C)CC(NC(=O)Cc1ccccc1)C(=O)N1CCC2OCC(=O)C21. The van der Waals surface area contributed by atoms with Crippen LogP contribution in [-0.2, 0) is 25.5 Å². The van der Waals surface area contributed by atoms with Crippen molar-refractivity contribution < 1.29 is 19.1 Å². The molecule has 1 N–H and O–H groups in total. The molecule has 3 rings (SSSR count). The van der Waals surface area contributed by atoms with Gasteiger partial charge in [-0.3, -0.25) is 14.4 Å². The van der Waals surface area contributed by atoms with Crippen LogP contribution < -0.4 is 5.32 Å². The molecule has 2 fully saturated rings. The number of carbonyl (C=O) groups is 3. The van der Waals surface area contributed by atoms with Gasteiger partial charge in [0.2, 0.25) is 11.8 Å². The number of ketones is 1. The second kappa shape index (κ2) is 7.99. The third kappa shape index (κ3) is 4.12. The Morgan fingerprint density at radius 3 is 2.69 bits per heavy atom. The molecule has 2 saturated heterocycles. The van der Waals surface area contributed by atoms with Crippen LogP contribution in [0.2, 0.25) is 0 Å². The number of nitrogens with one attached hydrogen (secondary N) is 1. The van der Waals surface area contributed by atoms with Crippen LogP contribution >= 0.6 is 0 Å². The average Bonchev–Trinajstić information content (AvgIpc) is 3.17. The van der Waals surface area contributed by atoms with Crippen molar-refractivity contribution in [2.75, 3.05) is 13.2 Å². The number of rotatable bonds is 6. The predicted octanol–water partition coefficient (Wildman–Crippen LogP) is 1.33. The van der Waals surface area contributed by atoms with Crippen molar-refractivity contribution in [1.29, 1.82) is 0 Å². The first kappa shape index (κ1) is 18.6. The molecule has 6 nitrogen and oxygen atoms in total. The molecular formula is C20H26N2O4. The minimum atomic E-state index is -0.613. The minimum absolute atomic E-state index is 0.0419. The highest BCUT2D eigenvalue weighted by molar-refractivity contribution is 5.95. The molecule has 140 valence electrons. The van der Waals surface area contributed by atoms with Crippen molar-refractivity contribution in [3.05, 3.63) is 35.9 Å². The monoisotopic (exact) mass is 358 g/mol. The van der Waals surface area contributed by atoms with Crippen molar-refractivity contribution in [2.24, 2.45) is 5.92 Å². The van der Waals surface area contributed by atoms with Crippen LogP contribution in [0.3, 0.4) is 0 Å². The fourth-order valence-electron chi connectivity index (χ4n) is 3.76. The number of fused-ring (bicyclic) bond motifs is 1. The summed E-state index contributed by atoms with van der Waals surface area (Å²) < 4.78 is 5.46. The lowest BCUT2D eigenvalue weighted by molar-refractivity contribution is -0.140. The zero-order valence-corrected chi connectivity index (χ0v) is 15.3. The molecule has 6 heteroatoms. The molecule has 1 aromatic rings. The third-order valence-electron chi connectivity index (χ3n) is 4.94. The minimum Gasteiger partial charge on any atom is -0.368 e. The standard InChI is InChI=1S/C20H26N2O4/c1-13(2)10-15(21-18(24)11-14-6-4-3-5-7-14)20(25)22-9-8-17-19(22)16(23)12-26-17/h3-7,13,15,17,19H,8-12H2,1-2H3,(H,21,24). The number of hydrogen-bond donors (Lipinski definition) is 1. The van der Waals surface area contributed by atoms with Gasteiger partial charge in [0.05, 0.1) is 12.5 Å². The van der Waals surface area contributed by atoms with Crippen LogP contribution in [0.5, 0.6) is 0 Å². The normalized spacial score (nSPS) is 23.2. The summed E-state index contributed by atoms with van der Waals surface area (Å²) in [5.74, 6) is -0.152. The van der Waals surface area contributed by atoms with Gasteiger partial charge in [0.1, 0.15) is 18.7 Å². The van der Waals surface area contributed by atoms with E-state index in [9.17, 15) is 14.4 Å². The van der Waals surface area contributed by atoms with Crippen LogP contribution in [0.25, 0.3) is 0 Å². The summed E-state index contributed by atoms with van der Waals surface area (Å²) >= 11 is 0. The maximum atomic E-state index is 13.1. The van der Waals surface area contributed by atoms with E-state index < -0.39 is 12.1 Å². The Kier molecular flexibility index (Phi) is 5.71. The van der Waals surface area contributed by atoms with E-state index >= 15 is 0 Å². The highest BCUT2D eigenvalue weighted by Gasteiger charge is 2.48. The Labute approximate surface area is 153 Å². The van der Waals surface area contributed by atoms with Crippen LogP contribution in [0.4, 0.5) is 0 Å². The summed E-state index contributed by atoms with van der Waals surface area (Å²) in [7, 11) is 0. The van der Waals surface area contributed by atoms with Gasteiger partial charge in [0.15, 0.2) is 5.78 Å². The number of nitrogens with zero attached hydrogens (tertiary/aromatic N) is 1. The summed E-state index contributed by atoms with van der Waals surface area (Å²) in [5, 5.41) is 2.89. The number of benzene rings is 1. The lowest BCUT2D eigenvalue weighted by Gasteiger charge is -2.28. The quantitative estimate of drug-likeness (QED) is 0.832. The van der Waals surface area contributed by atoms with Gasteiger partial charge < -0.3 is 15.0 Å². The molecule has 0 saturated carbocycles. The van der Waals surface area contributed by atoms with E-state index in [4.69, 9.17) is 4.74 Å². The molecule has 2 heterocycles. The summed E-state index contributed by atoms with van der Waals surface area (Å²) in [4.78, 5) is 39.2. The van der Waals surface area contributed by atoms with E-state index in [1.165, 1.54) is 0 Å². The zero-order chi connectivity index (χ0) is 18.7. The van der Waals surface area contributed by atoms with Crippen molar-refractivity contribution in [2.45, 2.75) is 51.3 Å². The van der Waals surface area contributed by atoms with Gasteiger partial charge in [-0.2, -0.15) is 0 Å². The average molecular weight is 358 g/mol. The highest BCUT2D eigenvalue weighted by atomic mass is 16.5. The lowest BCUT2D eigenvalue weighted by Crippen LogP contribution is -2.52. The Hall–Kier alpha value is -2.21. The first-order valence-electron chi connectivity index (χ1n) is 9.23. The Morgan fingerprint density at radius 1 is 1.27 bits per heavy atom. The molecule has 3 atom stereocenters. The van der Waals surface area contributed by atoms with E-state index in [2.05, 4.69) is 5.32 Å². The van der Waals surface area contributed by atoms with Crippen molar-refractivity contribution in [3.8, 4) is 0 Å². The van der Waals surface area contributed by atoms with E-state index in [0.29, 0.717) is 19.4 Å². The van der Waals surface area contributed by atoms with Gasteiger partial charge in [-0.15, -0.1) is 0 Å². The van der Waals surface area contributed by atoms with Crippen molar-refractivity contribution in [3.63, 3.8) is 0 Å². The maximum absolute atomic E-state index is 13.1. The van der Waals surface area contributed by atoms with Gasteiger partial charge in [0.25, 0.3) is 0 Å². The number of carbonyl (C=O) groups excluding carboxylic acids is 3. The molecule has 26 heavy (non-hydrogen) atoms. The number of ether oxygens (including phenoxy) is 1. The number of Topliss-reactive ketones (excluding diaryl/α,β-unsaturated/α-hetero) is 1. The number of amides is 2. The topological polar surface area (TPSA) is 75.7 Å². The molecule has 0 aliphatic carbocycles. The van der Waals surface area contributed by atoms with Gasteiger partial charge in [-0.05, 0) is 24.3 Å². The summed E-state index contributed by atoms with van der Waals surface area (Å²) in [5.41, 5.74) is 0.904. The maximum Gasteiger partial charge on any atom is 0.245 e. The van der Waals surface area contributed by atoms with E-state index in [1.54, 1.807) is 4.90 Å². The van der Waals surface area contributed by atoms with E-state index in [0.717, 1.165) is 5.56 Å². The zero-order valence-electron chi connectivity index (χ0n) is 15.3. The fraction of sp³-hybridized carbons (Fsp3) is 0.550. The highest BCUT2D eigenvalue weighted by Crippen LogP contribution is 2.28. The molecule has 3 unspecified atom stereocenters. The Morgan fingerprint density at radius 2 is 2.00 bits per heavy atom. The molecule has 2 aliphatic rings. The van der Waals surface area contributed by atoms with Crippen LogP contribution in [0, 0.1) is 5.92 Å². The van der Waals surface area contributed by atoms with Crippen LogP contribution in [0.15, 0.2) is 30.3 Å². The lowest BCUT2D eigenvalue weighted by atomic mass is 10.0. The largest absolute Gasteiger partial charge is 0.368 e. The molecule has 0 bridgehead atoms. The van der Waals surface area contributed by atoms with E-state index in [1.807, 2.05) is 44.2 Å². The molecule has 0 radical (unpaired) electrons. The van der Waals surface area contributed by atoms with Gasteiger partial charge in [-0.25, -0.2) is 0 Å². The predicted molar refractivity (Wildman–Crippen MR) is 96.4 cm³/mol. The van der Waals surface area contributed by atoms with Gasteiger partial charge in [0, 0.05) is 6.54 Å². The summed E-state index contributed by atoms with van der Waals surface area (Å²) in [6, 6.07) is 8.35. The third-order valence-corrected chi connectivity index (χ3v) is 4.94. The van der Waals surface area contributed by atoms with Crippen LogP contribution in [-0.4, -0.2) is 53.8 Å². The van der Waals surface area contributed by atoms with E-state index in [-0.39, 0.29) is 42.6 Å². The number of hydrogen-bond acceptors (Lipinski definition) is 4. The molecule has 2 amide bonds. The number of likely N-dealkylation sites (tertiary alicyclic amines) is 1. The first-order chi connectivity index (χ1) is 12.5. The smallest absolute Gasteiger partial charge is 0.245 e. The fourth-order valence-corrected chi connectivity index (χ4v) is 3.76. The molecular weight excluding hydrogens is 332 g/mol. The van der Waals surface area contributed by atoms with Crippen molar-refractivity contribution in [1.82, 2.24) is 10.2 Å². The Balaban J connectivity index is 1.68. The molecule has 0 aromatic heterocycles. The molecule has 1 aromatic carbocycles. The summed E-state index contributed by atoms with van der Waals surface area (Å²) in [6.07, 6.45) is 1.26. The summed E-state index contributed by atoms with van der Waals surface area (Å²) in [6.45, 7) is 4.61. The Bertz CT molecular complexity index is 674. The second-order valence-electron chi connectivity index (χ2n) is 7.49. The van der Waals surface area contributed by atoms with Crippen LogP contribution in [0.1, 0.15) is 32.3 Å².